The summed E-state index contributed by atoms with van der Waals surface area (Å²) >= 11 is 0. The van der Waals surface area contributed by atoms with Crippen molar-refractivity contribution in [3.05, 3.63) is 29.8 Å². The van der Waals surface area contributed by atoms with Crippen molar-refractivity contribution in [1.29, 1.82) is 0 Å². The Labute approximate surface area is 76.0 Å². The standard InChI is InChI=1S/C6H5BF2O2.C2H6/c8-5-2-1-4(7(10)11)3-6(5)9;1-2/h1-3,10-11H;1-2H3. The lowest BCUT2D eigenvalue weighted by atomic mass is 9.80. The molecule has 0 aliphatic carbocycles. The average molecular weight is 188 g/mol. The topological polar surface area (TPSA) is 40.5 Å². The highest BCUT2D eigenvalue weighted by atomic mass is 19.2. The van der Waals surface area contributed by atoms with Gasteiger partial charge in [-0.1, -0.05) is 19.9 Å². The molecule has 0 saturated carbocycles. The zero-order valence-electron chi connectivity index (χ0n) is 7.46. The van der Waals surface area contributed by atoms with Gasteiger partial charge in [0.2, 0.25) is 0 Å². The van der Waals surface area contributed by atoms with Gasteiger partial charge in [0, 0.05) is 0 Å². The Kier molecular flexibility index (Phi) is 5.26. The highest BCUT2D eigenvalue weighted by molar-refractivity contribution is 6.58. The molecule has 0 unspecified atom stereocenters. The first-order valence-electron chi connectivity index (χ1n) is 3.92. The van der Waals surface area contributed by atoms with E-state index in [1.54, 1.807) is 0 Å². The van der Waals surface area contributed by atoms with E-state index in [0.29, 0.717) is 0 Å². The second-order valence-corrected chi connectivity index (χ2v) is 2.05. The van der Waals surface area contributed by atoms with E-state index in [-0.39, 0.29) is 5.46 Å². The second-order valence-electron chi connectivity index (χ2n) is 2.05. The molecule has 0 aliphatic rings. The third-order valence-corrected chi connectivity index (χ3v) is 1.24. The zero-order chi connectivity index (χ0) is 10.4. The fourth-order valence-corrected chi connectivity index (χ4v) is 0.673. The molecule has 0 bridgehead atoms. The van der Waals surface area contributed by atoms with Crippen LogP contribution in [0.1, 0.15) is 13.8 Å². The molecule has 0 aromatic heterocycles. The number of hydrogen-bond donors (Lipinski definition) is 2. The van der Waals surface area contributed by atoms with Crippen molar-refractivity contribution in [3.8, 4) is 0 Å². The van der Waals surface area contributed by atoms with Gasteiger partial charge in [-0.15, -0.1) is 0 Å². The van der Waals surface area contributed by atoms with Gasteiger partial charge in [0.05, 0.1) is 0 Å². The fourth-order valence-electron chi connectivity index (χ4n) is 0.673. The molecule has 1 aromatic rings. The van der Waals surface area contributed by atoms with Crippen molar-refractivity contribution in [2.24, 2.45) is 0 Å². The van der Waals surface area contributed by atoms with Gasteiger partial charge in [0.15, 0.2) is 11.6 Å². The van der Waals surface area contributed by atoms with Gasteiger partial charge in [-0.3, -0.25) is 0 Å². The van der Waals surface area contributed by atoms with Crippen LogP contribution < -0.4 is 5.46 Å². The zero-order valence-corrected chi connectivity index (χ0v) is 7.46. The van der Waals surface area contributed by atoms with E-state index in [1.165, 1.54) is 0 Å². The summed E-state index contributed by atoms with van der Waals surface area (Å²) in [6.45, 7) is 4.00. The monoisotopic (exact) mass is 188 g/mol. The minimum absolute atomic E-state index is 0.0658. The lowest BCUT2D eigenvalue weighted by molar-refractivity contribution is 0.425. The van der Waals surface area contributed by atoms with Crippen LogP contribution in [0.15, 0.2) is 18.2 Å². The van der Waals surface area contributed by atoms with Crippen molar-refractivity contribution in [1.82, 2.24) is 0 Å². The van der Waals surface area contributed by atoms with Gasteiger partial charge in [0.1, 0.15) is 0 Å². The first kappa shape index (κ1) is 12.1. The molecule has 2 N–H and O–H groups in total. The van der Waals surface area contributed by atoms with Crippen molar-refractivity contribution in [2.75, 3.05) is 0 Å². The SMILES string of the molecule is CC.OB(O)c1ccc(F)c(F)c1. The van der Waals surface area contributed by atoms with Crippen molar-refractivity contribution in [3.63, 3.8) is 0 Å². The summed E-state index contributed by atoms with van der Waals surface area (Å²) in [6, 6.07) is 2.67. The Bertz CT molecular complexity index is 266. The summed E-state index contributed by atoms with van der Waals surface area (Å²) in [5.74, 6) is -2.09. The number of halogens is 2. The van der Waals surface area contributed by atoms with Crippen LogP contribution in [-0.4, -0.2) is 17.2 Å². The molecule has 0 amide bonds. The molecule has 0 radical (unpaired) electrons. The smallest absolute Gasteiger partial charge is 0.423 e. The Morgan fingerprint density at radius 1 is 1.08 bits per heavy atom. The normalized spacial score (nSPS) is 8.77. The first-order valence-corrected chi connectivity index (χ1v) is 3.92. The molecule has 0 fully saturated rings. The van der Waals surface area contributed by atoms with Gasteiger partial charge < -0.3 is 10.0 Å². The molecular formula is C8H11BF2O2. The largest absolute Gasteiger partial charge is 0.488 e. The Morgan fingerprint density at radius 3 is 2.00 bits per heavy atom. The molecule has 72 valence electrons. The number of hydrogen-bond acceptors (Lipinski definition) is 2. The molecule has 0 saturated heterocycles. The molecule has 13 heavy (non-hydrogen) atoms. The average Bonchev–Trinajstić information content (AvgIpc) is 2.13. The number of benzene rings is 1. The Balaban J connectivity index is 0.000000671. The maximum absolute atomic E-state index is 12.3. The predicted molar refractivity (Wildman–Crippen MR) is 47.5 cm³/mol. The summed E-state index contributed by atoms with van der Waals surface area (Å²) in [7, 11) is -1.76. The fraction of sp³-hybridized carbons (Fsp3) is 0.250. The van der Waals surface area contributed by atoms with Crippen LogP contribution in [0.3, 0.4) is 0 Å². The van der Waals surface area contributed by atoms with Crippen molar-refractivity contribution in [2.45, 2.75) is 13.8 Å². The van der Waals surface area contributed by atoms with Gasteiger partial charge in [-0.2, -0.15) is 0 Å². The van der Waals surface area contributed by atoms with Gasteiger partial charge in [-0.25, -0.2) is 8.78 Å². The van der Waals surface area contributed by atoms with Crippen LogP contribution in [0, 0.1) is 11.6 Å². The lowest BCUT2D eigenvalue weighted by Crippen LogP contribution is -2.30. The molecule has 0 atom stereocenters. The van der Waals surface area contributed by atoms with Gasteiger partial charge >= 0.3 is 7.12 Å². The first-order chi connectivity index (χ1) is 6.11. The summed E-state index contributed by atoms with van der Waals surface area (Å²) < 4.78 is 24.6. The van der Waals surface area contributed by atoms with E-state index in [0.717, 1.165) is 18.2 Å². The van der Waals surface area contributed by atoms with Crippen molar-refractivity contribution < 1.29 is 18.8 Å². The molecule has 2 nitrogen and oxygen atoms in total. The third-order valence-electron chi connectivity index (χ3n) is 1.24. The quantitative estimate of drug-likeness (QED) is 0.636. The lowest BCUT2D eigenvalue weighted by Gasteiger charge is -1.98. The van der Waals surface area contributed by atoms with Gasteiger partial charge in [-0.05, 0) is 17.6 Å². The van der Waals surface area contributed by atoms with Crippen molar-refractivity contribution >= 4 is 12.6 Å². The Hall–Kier alpha value is -0.935. The van der Waals surface area contributed by atoms with Crippen LogP contribution in [-0.2, 0) is 0 Å². The third kappa shape index (κ3) is 3.52. The van der Waals surface area contributed by atoms with Crippen LogP contribution >= 0.6 is 0 Å². The Morgan fingerprint density at radius 2 is 1.62 bits per heavy atom. The van der Waals surface area contributed by atoms with E-state index in [9.17, 15) is 8.78 Å². The maximum atomic E-state index is 12.3. The van der Waals surface area contributed by atoms with Crippen LogP contribution in [0.25, 0.3) is 0 Å². The van der Waals surface area contributed by atoms with E-state index >= 15 is 0 Å². The molecule has 1 rings (SSSR count). The van der Waals surface area contributed by atoms with Gasteiger partial charge in [0.25, 0.3) is 0 Å². The van der Waals surface area contributed by atoms with E-state index in [1.807, 2.05) is 13.8 Å². The van der Waals surface area contributed by atoms with Crippen LogP contribution in [0.5, 0.6) is 0 Å². The predicted octanol–water partition coefficient (Wildman–Crippen LogP) is 0.671. The minimum Gasteiger partial charge on any atom is -0.423 e. The molecule has 1 aromatic carbocycles. The van der Waals surface area contributed by atoms with E-state index in [4.69, 9.17) is 10.0 Å². The highest BCUT2D eigenvalue weighted by Gasteiger charge is 2.12. The highest BCUT2D eigenvalue weighted by Crippen LogP contribution is 2.01. The molecule has 0 heterocycles. The maximum Gasteiger partial charge on any atom is 0.488 e. The van der Waals surface area contributed by atoms with Crippen LogP contribution in [0.2, 0.25) is 0 Å². The van der Waals surface area contributed by atoms with Crippen LogP contribution in [0.4, 0.5) is 8.78 Å². The molecule has 0 aliphatic heterocycles. The second kappa shape index (κ2) is 5.67. The molecular weight excluding hydrogens is 177 g/mol. The number of rotatable bonds is 1. The minimum atomic E-state index is -1.76. The summed E-state index contributed by atoms with van der Waals surface area (Å²) in [6.07, 6.45) is 0. The molecule has 5 heteroatoms. The summed E-state index contributed by atoms with van der Waals surface area (Å²) in [5.41, 5.74) is -0.0658. The summed E-state index contributed by atoms with van der Waals surface area (Å²) in [5, 5.41) is 17.0. The van der Waals surface area contributed by atoms with E-state index in [2.05, 4.69) is 0 Å². The van der Waals surface area contributed by atoms with E-state index < -0.39 is 18.8 Å². The molecule has 0 spiro atoms. The summed E-state index contributed by atoms with van der Waals surface area (Å²) in [4.78, 5) is 0.